The summed E-state index contributed by atoms with van der Waals surface area (Å²) in [5, 5.41) is 19.8. The van der Waals surface area contributed by atoms with Crippen LogP contribution >= 0.6 is 11.6 Å². The largest absolute Gasteiger partial charge is 0.339 e. The van der Waals surface area contributed by atoms with Crippen molar-refractivity contribution in [2.45, 2.75) is 12.7 Å². The van der Waals surface area contributed by atoms with Crippen LogP contribution in [-0.2, 0) is 15.8 Å². The SMILES string of the molecule is Cc1n[nH]c2ccc(Nc3ncc(Cl)c(Nc4ccccc4CS(N)(=O)=O)n3)cc12. The van der Waals surface area contributed by atoms with E-state index in [4.69, 9.17) is 16.7 Å². The van der Waals surface area contributed by atoms with E-state index in [9.17, 15) is 8.42 Å². The van der Waals surface area contributed by atoms with Crippen LogP contribution in [-0.4, -0.2) is 28.6 Å². The number of hydrogen-bond acceptors (Lipinski definition) is 7. The maximum Gasteiger partial charge on any atom is 0.229 e. The zero-order valence-electron chi connectivity index (χ0n) is 15.8. The zero-order valence-corrected chi connectivity index (χ0v) is 17.4. The van der Waals surface area contributed by atoms with E-state index in [2.05, 4.69) is 30.8 Å². The normalized spacial score (nSPS) is 11.6. The number of benzene rings is 2. The van der Waals surface area contributed by atoms with Gasteiger partial charge in [-0.25, -0.2) is 18.5 Å². The first-order valence-electron chi connectivity index (χ1n) is 8.88. The van der Waals surface area contributed by atoms with Gasteiger partial charge >= 0.3 is 0 Å². The van der Waals surface area contributed by atoms with Gasteiger partial charge in [-0.15, -0.1) is 0 Å². The van der Waals surface area contributed by atoms with Crippen molar-refractivity contribution in [3.8, 4) is 0 Å². The lowest BCUT2D eigenvalue weighted by Gasteiger charge is -2.13. The molecule has 30 heavy (non-hydrogen) atoms. The molecule has 4 aromatic rings. The van der Waals surface area contributed by atoms with Crippen molar-refractivity contribution >= 4 is 55.7 Å². The van der Waals surface area contributed by atoms with Crippen molar-refractivity contribution in [2.75, 3.05) is 10.6 Å². The summed E-state index contributed by atoms with van der Waals surface area (Å²) in [6, 6.07) is 12.6. The summed E-state index contributed by atoms with van der Waals surface area (Å²) in [6.45, 7) is 1.92. The van der Waals surface area contributed by atoms with Gasteiger partial charge in [0, 0.05) is 16.8 Å². The molecule has 0 unspecified atom stereocenters. The second kappa shape index (κ2) is 7.90. The number of para-hydroxylation sites is 1. The highest BCUT2D eigenvalue weighted by Gasteiger charge is 2.13. The minimum atomic E-state index is -3.69. The number of nitrogens with zero attached hydrogens (tertiary/aromatic N) is 3. The Morgan fingerprint density at radius 3 is 2.77 bits per heavy atom. The van der Waals surface area contributed by atoms with Gasteiger partial charge in [0.2, 0.25) is 16.0 Å². The highest BCUT2D eigenvalue weighted by molar-refractivity contribution is 7.88. The van der Waals surface area contributed by atoms with Crippen LogP contribution in [0.15, 0.2) is 48.7 Å². The maximum absolute atomic E-state index is 11.5. The van der Waals surface area contributed by atoms with Crippen LogP contribution in [0.25, 0.3) is 10.9 Å². The van der Waals surface area contributed by atoms with E-state index in [1.807, 2.05) is 25.1 Å². The summed E-state index contributed by atoms with van der Waals surface area (Å²) >= 11 is 6.25. The van der Waals surface area contributed by atoms with Gasteiger partial charge in [0.1, 0.15) is 5.02 Å². The van der Waals surface area contributed by atoms with E-state index < -0.39 is 10.0 Å². The van der Waals surface area contributed by atoms with Gasteiger partial charge in [0.15, 0.2) is 5.82 Å². The number of primary sulfonamides is 1. The standard InChI is InChI=1S/C19H18ClN7O2S/c1-11-14-8-13(6-7-17(14)27-26-11)23-19-22-9-15(20)18(25-19)24-16-5-3-2-4-12(16)10-30(21,28)29/h2-9H,10H2,1H3,(H,26,27)(H2,21,28,29)(H2,22,23,24,25). The first kappa shape index (κ1) is 20.1. The number of aryl methyl sites for hydroxylation is 1. The van der Waals surface area contributed by atoms with Gasteiger partial charge in [-0.2, -0.15) is 10.1 Å². The number of rotatable bonds is 6. The first-order valence-corrected chi connectivity index (χ1v) is 11.0. The number of H-pyrrole nitrogens is 1. The summed E-state index contributed by atoms with van der Waals surface area (Å²) in [5.74, 6) is 0.344. The quantitative estimate of drug-likeness (QED) is 0.357. The van der Waals surface area contributed by atoms with Gasteiger partial charge in [0.25, 0.3) is 0 Å². The molecule has 0 aliphatic heterocycles. The third-order valence-corrected chi connectivity index (χ3v) is 5.37. The number of anilines is 4. The molecular weight excluding hydrogens is 426 g/mol. The monoisotopic (exact) mass is 443 g/mol. The van der Waals surface area contributed by atoms with Crippen molar-refractivity contribution in [2.24, 2.45) is 5.14 Å². The smallest absolute Gasteiger partial charge is 0.229 e. The van der Waals surface area contributed by atoms with Crippen molar-refractivity contribution in [3.63, 3.8) is 0 Å². The molecule has 0 radical (unpaired) electrons. The summed E-state index contributed by atoms with van der Waals surface area (Å²) in [5.41, 5.74) is 3.65. The average Bonchev–Trinajstić information content (AvgIpc) is 3.05. The average molecular weight is 444 g/mol. The molecule has 0 spiro atoms. The van der Waals surface area contributed by atoms with Crippen molar-refractivity contribution in [1.29, 1.82) is 0 Å². The van der Waals surface area contributed by atoms with E-state index in [0.717, 1.165) is 22.3 Å². The molecule has 0 aliphatic rings. The first-order chi connectivity index (χ1) is 14.3. The third kappa shape index (κ3) is 4.51. The Morgan fingerprint density at radius 2 is 1.97 bits per heavy atom. The van der Waals surface area contributed by atoms with Crippen LogP contribution in [0.1, 0.15) is 11.3 Å². The number of aromatic nitrogens is 4. The highest BCUT2D eigenvalue weighted by Crippen LogP contribution is 2.28. The maximum atomic E-state index is 11.5. The summed E-state index contributed by atoms with van der Waals surface area (Å²) in [7, 11) is -3.69. The number of sulfonamides is 1. The number of fused-ring (bicyclic) bond motifs is 1. The second-order valence-electron chi connectivity index (χ2n) is 6.67. The van der Waals surface area contributed by atoms with E-state index in [1.165, 1.54) is 6.20 Å². The summed E-state index contributed by atoms with van der Waals surface area (Å²) in [6.07, 6.45) is 1.46. The predicted molar refractivity (Wildman–Crippen MR) is 118 cm³/mol. The van der Waals surface area contributed by atoms with Crippen LogP contribution in [0, 0.1) is 6.92 Å². The molecule has 0 saturated carbocycles. The summed E-state index contributed by atoms with van der Waals surface area (Å²) < 4.78 is 23.0. The fourth-order valence-corrected chi connectivity index (χ4v) is 3.80. The third-order valence-electron chi connectivity index (χ3n) is 4.38. The van der Waals surface area contributed by atoms with Crippen LogP contribution in [0.2, 0.25) is 5.02 Å². The number of nitrogens with one attached hydrogen (secondary N) is 3. The molecule has 2 heterocycles. The van der Waals surface area contributed by atoms with Gasteiger partial charge in [-0.1, -0.05) is 29.8 Å². The molecule has 5 N–H and O–H groups in total. The molecule has 0 atom stereocenters. The molecule has 0 amide bonds. The Morgan fingerprint density at radius 1 is 1.17 bits per heavy atom. The molecule has 154 valence electrons. The number of halogens is 1. The van der Waals surface area contributed by atoms with Crippen LogP contribution in [0.5, 0.6) is 0 Å². The molecule has 2 aromatic heterocycles. The Labute approximate surface area is 177 Å². The lowest BCUT2D eigenvalue weighted by Crippen LogP contribution is -2.15. The van der Waals surface area contributed by atoms with Gasteiger partial charge in [-0.05, 0) is 36.8 Å². The second-order valence-corrected chi connectivity index (χ2v) is 8.70. The Balaban J connectivity index is 1.61. The van der Waals surface area contributed by atoms with Gasteiger partial charge < -0.3 is 10.6 Å². The zero-order chi connectivity index (χ0) is 21.3. The van der Waals surface area contributed by atoms with Gasteiger partial charge in [-0.3, -0.25) is 5.10 Å². The van der Waals surface area contributed by atoms with E-state index in [0.29, 0.717) is 23.0 Å². The highest BCUT2D eigenvalue weighted by atomic mass is 35.5. The van der Waals surface area contributed by atoms with E-state index >= 15 is 0 Å². The molecule has 0 fully saturated rings. The topological polar surface area (TPSA) is 139 Å². The number of nitrogens with two attached hydrogens (primary N) is 1. The Bertz CT molecular complexity index is 1340. The minimum Gasteiger partial charge on any atom is -0.339 e. The van der Waals surface area contributed by atoms with E-state index in [-0.39, 0.29) is 10.8 Å². The molecule has 0 saturated heterocycles. The molecule has 9 nitrogen and oxygen atoms in total. The molecule has 2 aromatic carbocycles. The number of hydrogen-bond donors (Lipinski definition) is 4. The Kier molecular flexibility index (Phi) is 5.29. The fraction of sp³-hybridized carbons (Fsp3) is 0.105. The van der Waals surface area contributed by atoms with Crippen LogP contribution < -0.4 is 15.8 Å². The minimum absolute atomic E-state index is 0.284. The molecule has 4 rings (SSSR count). The molecular formula is C19H18ClN7O2S. The summed E-state index contributed by atoms with van der Waals surface area (Å²) in [4.78, 5) is 8.64. The molecule has 0 bridgehead atoms. The molecule has 11 heteroatoms. The lowest BCUT2D eigenvalue weighted by atomic mass is 10.2. The van der Waals surface area contributed by atoms with Crippen LogP contribution in [0.3, 0.4) is 0 Å². The Hall–Kier alpha value is -3.21. The van der Waals surface area contributed by atoms with E-state index in [1.54, 1.807) is 24.3 Å². The van der Waals surface area contributed by atoms with Gasteiger partial charge in [0.05, 0.1) is 23.2 Å². The lowest BCUT2D eigenvalue weighted by molar-refractivity contribution is 0.597. The number of aromatic amines is 1. The fourth-order valence-electron chi connectivity index (χ4n) is 2.98. The molecule has 0 aliphatic carbocycles. The van der Waals surface area contributed by atoms with Crippen molar-refractivity contribution in [3.05, 3.63) is 64.9 Å². The van der Waals surface area contributed by atoms with Crippen molar-refractivity contribution in [1.82, 2.24) is 20.2 Å². The van der Waals surface area contributed by atoms with Crippen LogP contribution in [0.4, 0.5) is 23.1 Å². The van der Waals surface area contributed by atoms with Crippen molar-refractivity contribution < 1.29 is 8.42 Å². The predicted octanol–water partition coefficient (Wildman–Crippen LogP) is 3.59.